The Kier molecular flexibility index (Phi) is 4.66. The van der Waals surface area contributed by atoms with E-state index in [4.69, 9.17) is 0 Å². The lowest BCUT2D eigenvalue weighted by Crippen LogP contribution is -2.12. The fraction of sp³-hybridized carbons (Fsp3) is 0.100. The maximum Gasteiger partial charge on any atom is 0.269 e. The zero-order valence-corrected chi connectivity index (χ0v) is 15.8. The molecule has 0 bridgehead atoms. The number of hydrogen-bond acceptors (Lipinski definition) is 5. The molecular formula is C20H17FN4O2S. The first-order valence-electron chi connectivity index (χ1n) is 8.57. The molecule has 0 unspecified atom stereocenters. The highest BCUT2D eigenvalue weighted by Crippen LogP contribution is 2.30. The van der Waals surface area contributed by atoms with Crippen LogP contribution in [0.15, 0.2) is 72.1 Å². The molecule has 0 amide bonds. The third-order valence-corrected chi connectivity index (χ3v) is 6.13. The van der Waals surface area contributed by atoms with Crippen molar-refractivity contribution in [3.8, 4) is 11.1 Å². The Morgan fingerprint density at radius 1 is 1.11 bits per heavy atom. The van der Waals surface area contributed by atoms with E-state index in [-0.39, 0.29) is 4.90 Å². The highest BCUT2D eigenvalue weighted by atomic mass is 32.2. The molecule has 6 nitrogen and oxygen atoms in total. The predicted octanol–water partition coefficient (Wildman–Crippen LogP) is 3.19. The lowest BCUT2D eigenvalue weighted by atomic mass is 10.0. The van der Waals surface area contributed by atoms with Gasteiger partial charge in [0.2, 0.25) is 5.95 Å². The molecule has 0 saturated heterocycles. The van der Waals surface area contributed by atoms with Crippen molar-refractivity contribution >= 4 is 20.9 Å². The average Bonchev–Trinajstić information content (AvgIpc) is 3.08. The van der Waals surface area contributed by atoms with Gasteiger partial charge in [-0.05, 0) is 48.0 Å². The van der Waals surface area contributed by atoms with Gasteiger partial charge in [0.1, 0.15) is 4.90 Å². The molecule has 4 aromatic rings. The number of pyridine rings is 2. The topological polar surface area (TPSA) is 76.9 Å². The van der Waals surface area contributed by atoms with Crippen LogP contribution in [-0.4, -0.2) is 29.4 Å². The molecule has 0 aliphatic heterocycles. The Bertz CT molecular complexity index is 1250. The zero-order chi connectivity index (χ0) is 19.7. The molecule has 4 rings (SSSR count). The molecule has 0 saturated carbocycles. The molecule has 0 spiro atoms. The van der Waals surface area contributed by atoms with Crippen LogP contribution in [0.2, 0.25) is 0 Å². The number of rotatable bonds is 5. The number of aromatic nitrogens is 3. The monoisotopic (exact) mass is 396 g/mol. The van der Waals surface area contributed by atoms with Crippen molar-refractivity contribution in [2.45, 2.75) is 11.4 Å². The van der Waals surface area contributed by atoms with Crippen molar-refractivity contribution in [3.05, 3.63) is 78.8 Å². The first kappa shape index (κ1) is 18.3. The standard InChI is InChI=1S/C20H17FN4O2S/c1-22-11-16-13-25(28(26,27)17-3-2-7-23-12-17)19-9-14(4-5-18(16)19)15-6-8-24-20(21)10-15/h2-10,12-13,22H,11H2,1H3. The van der Waals surface area contributed by atoms with E-state index in [2.05, 4.69) is 15.3 Å². The van der Waals surface area contributed by atoms with Gasteiger partial charge >= 0.3 is 0 Å². The van der Waals surface area contributed by atoms with E-state index in [0.29, 0.717) is 23.2 Å². The smallest absolute Gasteiger partial charge is 0.269 e. The van der Waals surface area contributed by atoms with Crippen LogP contribution in [0.25, 0.3) is 22.0 Å². The highest BCUT2D eigenvalue weighted by molar-refractivity contribution is 7.90. The third kappa shape index (κ3) is 3.17. The Balaban J connectivity index is 1.96. The van der Waals surface area contributed by atoms with E-state index in [1.807, 2.05) is 12.1 Å². The average molecular weight is 396 g/mol. The predicted molar refractivity (Wildman–Crippen MR) is 105 cm³/mol. The van der Waals surface area contributed by atoms with Crippen LogP contribution in [0.5, 0.6) is 0 Å². The van der Waals surface area contributed by atoms with Crippen molar-refractivity contribution in [2.24, 2.45) is 0 Å². The van der Waals surface area contributed by atoms with Crippen LogP contribution in [-0.2, 0) is 16.6 Å². The number of nitrogens with zero attached hydrogens (tertiary/aromatic N) is 3. The van der Waals surface area contributed by atoms with Gasteiger partial charge in [0.05, 0.1) is 5.52 Å². The molecular weight excluding hydrogens is 379 g/mol. The number of fused-ring (bicyclic) bond motifs is 1. The summed E-state index contributed by atoms with van der Waals surface area (Å²) in [5.41, 5.74) is 2.68. The number of nitrogens with one attached hydrogen (secondary N) is 1. The molecule has 3 aromatic heterocycles. The van der Waals surface area contributed by atoms with Gasteiger partial charge in [0.15, 0.2) is 0 Å². The summed E-state index contributed by atoms with van der Waals surface area (Å²) in [7, 11) is -2.03. The van der Waals surface area contributed by atoms with Gasteiger partial charge in [0.25, 0.3) is 10.0 Å². The van der Waals surface area contributed by atoms with Crippen molar-refractivity contribution < 1.29 is 12.8 Å². The summed E-state index contributed by atoms with van der Waals surface area (Å²) in [5, 5.41) is 3.86. The lowest BCUT2D eigenvalue weighted by molar-refractivity contribution is 0.584. The van der Waals surface area contributed by atoms with Gasteiger partial charge in [-0.2, -0.15) is 4.39 Å². The van der Waals surface area contributed by atoms with Crippen molar-refractivity contribution in [1.82, 2.24) is 19.3 Å². The molecule has 0 atom stereocenters. The van der Waals surface area contributed by atoms with E-state index in [1.165, 1.54) is 34.7 Å². The minimum Gasteiger partial charge on any atom is -0.316 e. The first-order chi connectivity index (χ1) is 13.5. The van der Waals surface area contributed by atoms with Crippen LogP contribution >= 0.6 is 0 Å². The summed E-state index contributed by atoms with van der Waals surface area (Å²) >= 11 is 0. The Morgan fingerprint density at radius 2 is 1.93 bits per heavy atom. The van der Waals surface area contributed by atoms with Crippen LogP contribution in [0.4, 0.5) is 4.39 Å². The zero-order valence-electron chi connectivity index (χ0n) is 15.0. The van der Waals surface area contributed by atoms with E-state index < -0.39 is 16.0 Å². The highest BCUT2D eigenvalue weighted by Gasteiger charge is 2.21. The van der Waals surface area contributed by atoms with Crippen LogP contribution in [0, 0.1) is 5.95 Å². The number of hydrogen-bond donors (Lipinski definition) is 1. The molecule has 0 radical (unpaired) electrons. The summed E-state index contributed by atoms with van der Waals surface area (Å²) in [5.74, 6) is -0.591. The van der Waals surface area contributed by atoms with Gasteiger partial charge < -0.3 is 5.32 Å². The minimum atomic E-state index is -3.83. The molecule has 0 aliphatic carbocycles. The van der Waals surface area contributed by atoms with Gasteiger partial charge in [-0.15, -0.1) is 0 Å². The van der Waals surface area contributed by atoms with Crippen LogP contribution in [0.1, 0.15) is 5.56 Å². The number of benzene rings is 1. The van der Waals surface area contributed by atoms with Crippen molar-refractivity contribution in [3.63, 3.8) is 0 Å². The van der Waals surface area contributed by atoms with E-state index in [1.54, 1.807) is 31.4 Å². The second kappa shape index (κ2) is 7.14. The Morgan fingerprint density at radius 3 is 2.64 bits per heavy atom. The fourth-order valence-electron chi connectivity index (χ4n) is 3.17. The maximum absolute atomic E-state index is 13.5. The summed E-state index contributed by atoms with van der Waals surface area (Å²) in [6.45, 7) is 0.509. The molecule has 8 heteroatoms. The van der Waals surface area contributed by atoms with Gasteiger partial charge in [0, 0.05) is 42.8 Å². The summed E-state index contributed by atoms with van der Waals surface area (Å²) in [6, 6.07) is 11.5. The van der Waals surface area contributed by atoms with Crippen molar-refractivity contribution in [1.29, 1.82) is 0 Å². The molecule has 142 valence electrons. The first-order valence-corrected chi connectivity index (χ1v) is 10.0. The molecule has 28 heavy (non-hydrogen) atoms. The normalized spacial score (nSPS) is 11.8. The Hall–Kier alpha value is -3.10. The summed E-state index contributed by atoms with van der Waals surface area (Å²) < 4.78 is 41.2. The third-order valence-electron chi connectivity index (χ3n) is 4.47. The Labute approximate surface area is 161 Å². The molecule has 0 fully saturated rings. The molecule has 1 aromatic carbocycles. The van der Waals surface area contributed by atoms with Crippen LogP contribution < -0.4 is 5.32 Å². The quantitative estimate of drug-likeness (QED) is 0.524. The van der Waals surface area contributed by atoms with Crippen LogP contribution in [0.3, 0.4) is 0 Å². The lowest BCUT2D eigenvalue weighted by Gasteiger charge is -2.08. The molecule has 0 aliphatic rings. The summed E-state index contributed by atoms with van der Waals surface area (Å²) in [4.78, 5) is 7.59. The molecule has 1 N–H and O–H groups in total. The maximum atomic E-state index is 13.5. The fourth-order valence-corrected chi connectivity index (χ4v) is 4.52. The van der Waals surface area contributed by atoms with Crippen molar-refractivity contribution in [2.75, 3.05) is 7.05 Å². The minimum absolute atomic E-state index is 0.100. The van der Waals surface area contributed by atoms with E-state index in [9.17, 15) is 12.8 Å². The van der Waals surface area contributed by atoms with Gasteiger partial charge in [-0.3, -0.25) is 4.98 Å². The van der Waals surface area contributed by atoms with Gasteiger partial charge in [-0.1, -0.05) is 12.1 Å². The SMILES string of the molecule is CNCc1cn(S(=O)(=O)c2cccnc2)c2cc(-c3ccnc(F)c3)ccc12. The largest absolute Gasteiger partial charge is 0.316 e. The van der Waals surface area contributed by atoms with E-state index in [0.717, 1.165) is 10.9 Å². The number of halogens is 1. The summed E-state index contributed by atoms with van der Waals surface area (Å²) in [6.07, 6.45) is 5.84. The second-order valence-corrected chi connectivity index (χ2v) is 8.09. The van der Waals surface area contributed by atoms with E-state index >= 15 is 0 Å². The second-order valence-electron chi connectivity index (χ2n) is 6.27. The molecule has 3 heterocycles. The van der Waals surface area contributed by atoms with Gasteiger partial charge in [-0.25, -0.2) is 17.4 Å².